The van der Waals surface area contributed by atoms with Crippen molar-refractivity contribution in [1.29, 1.82) is 5.26 Å². The molecule has 2 aliphatic heterocycles. The number of rotatable bonds is 3. The van der Waals surface area contributed by atoms with Crippen molar-refractivity contribution < 1.29 is 23.5 Å². The highest BCUT2D eigenvalue weighted by Gasteiger charge is 2.39. The topological polar surface area (TPSA) is 105 Å². The molecule has 8 nitrogen and oxygen atoms in total. The lowest BCUT2D eigenvalue weighted by Crippen LogP contribution is -2.37. The van der Waals surface area contributed by atoms with E-state index in [-0.39, 0.29) is 40.0 Å². The van der Waals surface area contributed by atoms with E-state index in [2.05, 4.69) is 24.1 Å². The van der Waals surface area contributed by atoms with Crippen molar-refractivity contribution in [2.45, 2.75) is 52.2 Å². The number of imide groups is 1. The van der Waals surface area contributed by atoms with Crippen LogP contribution in [0, 0.1) is 17.1 Å². The first-order chi connectivity index (χ1) is 17.9. The predicted molar refractivity (Wildman–Crippen MR) is 139 cm³/mol. The zero-order valence-corrected chi connectivity index (χ0v) is 21.8. The van der Waals surface area contributed by atoms with Gasteiger partial charge in [-0.25, -0.2) is 19.1 Å². The molecule has 2 aliphatic rings. The highest BCUT2D eigenvalue weighted by Crippen LogP contribution is 2.41. The van der Waals surface area contributed by atoms with Crippen LogP contribution in [-0.4, -0.2) is 34.1 Å². The fourth-order valence-electron chi connectivity index (χ4n) is 4.65. The van der Waals surface area contributed by atoms with Crippen LogP contribution in [0.15, 0.2) is 42.5 Å². The largest absolute Gasteiger partial charge is 0.492 e. The molecule has 1 aromatic heterocycles. The summed E-state index contributed by atoms with van der Waals surface area (Å²) in [5.74, 6) is -0.471. The molecule has 0 spiro atoms. The van der Waals surface area contributed by atoms with Gasteiger partial charge < -0.3 is 14.8 Å². The number of pyridine rings is 1. The summed E-state index contributed by atoms with van der Waals surface area (Å²) in [5.41, 5.74) is 1.83. The van der Waals surface area contributed by atoms with Crippen LogP contribution < -0.4 is 10.1 Å². The highest BCUT2D eigenvalue weighted by atomic mass is 19.1. The quantitative estimate of drug-likeness (QED) is 0.453. The number of ether oxygens (including phenoxy) is 2. The molecule has 0 fully saturated rings. The fourth-order valence-corrected chi connectivity index (χ4v) is 4.65. The van der Waals surface area contributed by atoms with Crippen molar-refractivity contribution in [2.75, 3.05) is 11.9 Å². The second kappa shape index (κ2) is 8.84. The molecule has 2 aromatic carbocycles. The standard InChI is InChI=1S/C29H27FN4O4/c1-28(2,3)38-27(36)34-14-22-25(26(34)35)21(12-20(33-22)24-16(13-31)7-6-8-19(24)30)32-17-9-10-18-23(11-17)37-15-29(18,4)5/h6-12H,14-15H2,1-5H3,(H,32,33). The van der Waals surface area contributed by atoms with Gasteiger partial charge in [0, 0.05) is 22.7 Å². The smallest absolute Gasteiger partial charge is 0.417 e. The van der Waals surface area contributed by atoms with Crippen LogP contribution in [0.2, 0.25) is 0 Å². The van der Waals surface area contributed by atoms with Gasteiger partial charge in [0.1, 0.15) is 17.2 Å². The number of fused-ring (bicyclic) bond motifs is 2. The van der Waals surface area contributed by atoms with Crippen molar-refractivity contribution >= 4 is 23.4 Å². The average molecular weight is 515 g/mol. The molecule has 0 bridgehead atoms. The predicted octanol–water partition coefficient (Wildman–Crippen LogP) is 6.06. The Morgan fingerprint density at radius 3 is 2.68 bits per heavy atom. The lowest BCUT2D eigenvalue weighted by Gasteiger charge is -2.23. The van der Waals surface area contributed by atoms with Crippen LogP contribution >= 0.6 is 0 Å². The van der Waals surface area contributed by atoms with Gasteiger partial charge in [0.15, 0.2) is 0 Å². The van der Waals surface area contributed by atoms with E-state index in [4.69, 9.17) is 9.47 Å². The van der Waals surface area contributed by atoms with Crippen LogP contribution in [0.1, 0.15) is 61.8 Å². The number of nitrogens with zero attached hydrogens (tertiary/aromatic N) is 3. The van der Waals surface area contributed by atoms with Gasteiger partial charge in [-0.05, 0) is 45.0 Å². The Bertz CT molecular complexity index is 1530. The summed E-state index contributed by atoms with van der Waals surface area (Å²) in [6.07, 6.45) is -0.801. The Hall–Kier alpha value is -4.45. The van der Waals surface area contributed by atoms with E-state index in [9.17, 15) is 19.2 Å². The molecule has 0 radical (unpaired) electrons. The van der Waals surface area contributed by atoms with Gasteiger partial charge in [-0.2, -0.15) is 5.26 Å². The molecule has 2 amide bonds. The van der Waals surface area contributed by atoms with E-state index >= 15 is 0 Å². The molecule has 38 heavy (non-hydrogen) atoms. The summed E-state index contributed by atoms with van der Waals surface area (Å²) in [6, 6.07) is 13.4. The first-order valence-electron chi connectivity index (χ1n) is 12.2. The maximum Gasteiger partial charge on any atom is 0.417 e. The molecule has 5 rings (SSSR count). The Kier molecular flexibility index (Phi) is 5.86. The van der Waals surface area contributed by atoms with Gasteiger partial charge in [-0.15, -0.1) is 0 Å². The summed E-state index contributed by atoms with van der Waals surface area (Å²) in [4.78, 5) is 31.8. The number of hydrogen-bond donors (Lipinski definition) is 1. The van der Waals surface area contributed by atoms with Crippen LogP contribution in [0.25, 0.3) is 11.3 Å². The minimum absolute atomic E-state index is 0.0167. The number of aromatic nitrogens is 1. The van der Waals surface area contributed by atoms with E-state index in [1.54, 1.807) is 20.8 Å². The normalized spacial score (nSPS) is 15.4. The van der Waals surface area contributed by atoms with E-state index in [0.717, 1.165) is 16.2 Å². The van der Waals surface area contributed by atoms with Gasteiger partial charge in [-0.1, -0.05) is 26.0 Å². The molecule has 1 N–H and O–H groups in total. The summed E-state index contributed by atoms with van der Waals surface area (Å²) >= 11 is 0. The van der Waals surface area contributed by atoms with Crippen molar-refractivity contribution in [1.82, 2.24) is 9.88 Å². The van der Waals surface area contributed by atoms with Crippen LogP contribution in [0.3, 0.4) is 0 Å². The van der Waals surface area contributed by atoms with Gasteiger partial charge in [0.05, 0.1) is 53.0 Å². The van der Waals surface area contributed by atoms with Gasteiger partial charge in [0.25, 0.3) is 5.91 Å². The number of carbonyl (C=O) groups is 2. The number of nitrogens with one attached hydrogen (secondary N) is 1. The second-order valence-electron chi connectivity index (χ2n) is 11.0. The van der Waals surface area contributed by atoms with E-state index in [1.165, 1.54) is 24.3 Å². The zero-order valence-electron chi connectivity index (χ0n) is 21.8. The minimum atomic E-state index is -0.807. The van der Waals surface area contributed by atoms with Crippen molar-refractivity contribution in [3.8, 4) is 23.1 Å². The number of nitriles is 1. The average Bonchev–Trinajstić information content (AvgIpc) is 3.33. The van der Waals surface area contributed by atoms with Crippen molar-refractivity contribution in [3.63, 3.8) is 0 Å². The molecule has 0 unspecified atom stereocenters. The Morgan fingerprint density at radius 2 is 1.97 bits per heavy atom. The fraction of sp³-hybridized carbons (Fsp3) is 0.310. The van der Waals surface area contributed by atoms with Crippen LogP contribution in [-0.2, 0) is 16.7 Å². The number of benzene rings is 2. The molecule has 3 aromatic rings. The number of carbonyl (C=O) groups excluding carboxylic acids is 2. The monoisotopic (exact) mass is 514 g/mol. The third-order valence-electron chi connectivity index (χ3n) is 6.44. The van der Waals surface area contributed by atoms with Crippen molar-refractivity contribution in [2.24, 2.45) is 0 Å². The Morgan fingerprint density at radius 1 is 1.21 bits per heavy atom. The molecule has 0 atom stereocenters. The number of anilines is 2. The lowest BCUT2D eigenvalue weighted by atomic mass is 9.87. The SMILES string of the molecule is CC(C)(C)OC(=O)N1Cc2nc(-c3c(F)cccc3C#N)cc(Nc3ccc4c(c3)OCC4(C)C)c2C1=O. The first kappa shape index (κ1) is 25.2. The maximum atomic E-state index is 14.9. The Balaban J connectivity index is 1.61. The van der Waals surface area contributed by atoms with E-state index in [0.29, 0.717) is 18.0 Å². The van der Waals surface area contributed by atoms with Crippen LogP contribution in [0.5, 0.6) is 5.75 Å². The maximum absolute atomic E-state index is 14.9. The summed E-state index contributed by atoms with van der Waals surface area (Å²) < 4.78 is 26.2. The molecule has 9 heteroatoms. The molecule has 194 valence electrons. The zero-order chi connectivity index (χ0) is 27.4. The van der Waals surface area contributed by atoms with Crippen LogP contribution in [0.4, 0.5) is 20.6 Å². The van der Waals surface area contributed by atoms with Crippen molar-refractivity contribution in [3.05, 3.63) is 70.7 Å². The number of hydrogen-bond acceptors (Lipinski definition) is 7. The van der Waals surface area contributed by atoms with Gasteiger partial charge in [0.2, 0.25) is 0 Å². The Labute approximate surface area is 220 Å². The highest BCUT2D eigenvalue weighted by molar-refractivity contribution is 6.10. The molecule has 0 aliphatic carbocycles. The molecule has 0 saturated carbocycles. The first-order valence-corrected chi connectivity index (χ1v) is 12.2. The number of halogens is 1. The second-order valence-corrected chi connectivity index (χ2v) is 11.0. The van der Waals surface area contributed by atoms with Gasteiger partial charge >= 0.3 is 6.09 Å². The molecule has 0 saturated heterocycles. The minimum Gasteiger partial charge on any atom is -0.492 e. The van der Waals surface area contributed by atoms with E-state index < -0.39 is 23.4 Å². The lowest BCUT2D eigenvalue weighted by molar-refractivity contribution is 0.0247. The summed E-state index contributed by atoms with van der Waals surface area (Å²) in [7, 11) is 0. The number of amides is 2. The molecular weight excluding hydrogens is 487 g/mol. The van der Waals surface area contributed by atoms with E-state index in [1.807, 2.05) is 24.3 Å². The van der Waals surface area contributed by atoms with Gasteiger partial charge in [-0.3, -0.25) is 4.79 Å². The summed E-state index contributed by atoms with van der Waals surface area (Å²) in [5, 5.41) is 12.8. The third kappa shape index (κ3) is 4.43. The molecular formula is C29H27FN4O4. The molecule has 3 heterocycles. The summed E-state index contributed by atoms with van der Waals surface area (Å²) in [6.45, 7) is 9.72. The third-order valence-corrected chi connectivity index (χ3v) is 6.44.